The molecule has 4 heteroatoms. The highest BCUT2D eigenvalue weighted by atomic mass is 19.1. The maximum Gasteiger partial charge on any atom is 0.130 e. The lowest BCUT2D eigenvalue weighted by Crippen LogP contribution is -2.38. The van der Waals surface area contributed by atoms with Gasteiger partial charge in [-0.1, -0.05) is 19.4 Å². The van der Waals surface area contributed by atoms with Crippen molar-refractivity contribution in [3.05, 3.63) is 35.4 Å². The van der Waals surface area contributed by atoms with Crippen LogP contribution in [-0.2, 0) is 0 Å². The molecule has 2 rings (SSSR count). The Kier molecular flexibility index (Phi) is 6.12. The fourth-order valence-electron chi connectivity index (χ4n) is 3.54. The quantitative estimate of drug-likeness (QED) is 0.890. The van der Waals surface area contributed by atoms with Crippen molar-refractivity contribution in [2.75, 3.05) is 26.7 Å². The van der Waals surface area contributed by atoms with Crippen LogP contribution >= 0.6 is 0 Å². The third kappa shape index (κ3) is 3.80. The summed E-state index contributed by atoms with van der Waals surface area (Å²) < 4.78 is 28.6. The van der Waals surface area contributed by atoms with Crippen molar-refractivity contribution >= 4 is 0 Å². The summed E-state index contributed by atoms with van der Waals surface area (Å²) in [6, 6.07) is 4.04. The standard InChI is InChI=1S/C17H26F2N2/c1-3-10-21-11-5-4-7-13(12-20-2)17(21)16-14(18)8-6-9-15(16)19/h6,8-9,13,17,20H,3-5,7,10-12H2,1-2H3. The minimum Gasteiger partial charge on any atom is -0.319 e. The Morgan fingerprint density at radius 3 is 2.57 bits per heavy atom. The molecule has 0 bridgehead atoms. The molecule has 1 aliphatic heterocycles. The van der Waals surface area contributed by atoms with Gasteiger partial charge in [0.05, 0.1) is 0 Å². The van der Waals surface area contributed by atoms with Crippen LogP contribution in [-0.4, -0.2) is 31.6 Å². The monoisotopic (exact) mass is 296 g/mol. The van der Waals surface area contributed by atoms with Gasteiger partial charge in [-0.15, -0.1) is 0 Å². The summed E-state index contributed by atoms with van der Waals surface area (Å²) in [6.07, 6.45) is 4.24. The molecule has 1 aromatic rings. The van der Waals surface area contributed by atoms with Crippen molar-refractivity contribution in [1.29, 1.82) is 0 Å². The van der Waals surface area contributed by atoms with Gasteiger partial charge in [-0.05, 0) is 64.0 Å². The van der Waals surface area contributed by atoms with E-state index in [2.05, 4.69) is 17.1 Å². The molecule has 0 radical (unpaired) electrons. The Morgan fingerprint density at radius 1 is 1.24 bits per heavy atom. The number of hydrogen-bond donors (Lipinski definition) is 1. The highest BCUT2D eigenvalue weighted by molar-refractivity contribution is 5.24. The topological polar surface area (TPSA) is 15.3 Å². The van der Waals surface area contributed by atoms with Gasteiger partial charge in [-0.25, -0.2) is 8.78 Å². The van der Waals surface area contributed by atoms with Gasteiger partial charge in [0, 0.05) is 11.6 Å². The summed E-state index contributed by atoms with van der Waals surface area (Å²) in [7, 11) is 1.91. The van der Waals surface area contributed by atoms with E-state index in [9.17, 15) is 8.78 Å². The molecule has 1 aromatic carbocycles. The van der Waals surface area contributed by atoms with Crippen LogP contribution in [0.15, 0.2) is 18.2 Å². The van der Waals surface area contributed by atoms with Crippen molar-refractivity contribution < 1.29 is 8.78 Å². The highest BCUT2D eigenvalue weighted by Crippen LogP contribution is 2.37. The summed E-state index contributed by atoms with van der Waals surface area (Å²) in [5, 5.41) is 3.19. The lowest BCUT2D eigenvalue weighted by Gasteiger charge is -2.35. The van der Waals surface area contributed by atoms with Crippen LogP contribution in [0.3, 0.4) is 0 Å². The summed E-state index contributed by atoms with van der Waals surface area (Å²) >= 11 is 0. The largest absolute Gasteiger partial charge is 0.319 e. The van der Waals surface area contributed by atoms with E-state index in [1.54, 1.807) is 0 Å². The van der Waals surface area contributed by atoms with Crippen LogP contribution in [0.1, 0.15) is 44.2 Å². The number of nitrogens with zero attached hydrogens (tertiary/aromatic N) is 1. The van der Waals surface area contributed by atoms with Crippen LogP contribution in [0.5, 0.6) is 0 Å². The fourth-order valence-corrected chi connectivity index (χ4v) is 3.54. The Hall–Kier alpha value is -1.00. The van der Waals surface area contributed by atoms with Gasteiger partial charge < -0.3 is 5.32 Å². The zero-order valence-corrected chi connectivity index (χ0v) is 13.0. The Balaban J connectivity index is 2.42. The van der Waals surface area contributed by atoms with Crippen molar-refractivity contribution in [3.8, 4) is 0 Å². The van der Waals surface area contributed by atoms with E-state index in [4.69, 9.17) is 0 Å². The molecule has 2 unspecified atom stereocenters. The Bertz CT molecular complexity index is 414. The molecule has 0 amide bonds. The first kappa shape index (κ1) is 16.4. The van der Waals surface area contributed by atoms with E-state index >= 15 is 0 Å². The lowest BCUT2D eigenvalue weighted by molar-refractivity contribution is 0.147. The van der Waals surface area contributed by atoms with Gasteiger partial charge in [0.1, 0.15) is 11.6 Å². The lowest BCUT2D eigenvalue weighted by atomic mass is 9.88. The van der Waals surface area contributed by atoms with Gasteiger partial charge in [-0.3, -0.25) is 4.90 Å². The third-order valence-corrected chi connectivity index (χ3v) is 4.38. The molecule has 0 aliphatic carbocycles. The van der Waals surface area contributed by atoms with E-state index in [1.165, 1.54) is 18.2 Å². The number of rotatable bonds is 5. The normalized spacial score (nSPS) is 24.0. The van der Waals surface area contributed by atoms with Gasteiger partial charge >= 0.3 is 0 Å². The van der Waals surface area contributed by atoms with Crippen molar-refractivity contribution in [1.82, 2.24) is 10.2 Å². The van der Waals surface area contributed by atoms with E-state index < -0.39 is 11.6 Å². The van der Waals surface area contributed by atoms with Crippen LogP contribution in [0.2, 0.25) is 0 Å². The second-order valence-corrected chi connectivity index (χ2v) is 5.93. The molecule has 21 heavy (non-hydrogen) atoms. The summed E-state index contributed by atoms with van der Waals surface area (Å²) in [5.41, 5.74) is 0.258. The van der Waals surface area contributed by atoms with Crippen LogP contribution < -0.4 is 5.32 Å². The molecule has 1 aliphatic rings. The molecule has 1 saturated heterocycles. The summed E-state index contributed by atoms with van der Waals surface area (Å²) in [6.45, 7) is 4.72. The maximum absolute atomic E-state index is 14.3. The Labute approximate surface area is 126 Å². The first-order valence-corrected chi connectivity index (χ1v) is 8.01. The number of likely N-dealkylation sites (tertiary alicyclic amines) is 1. The first-order chi connectivity index (χ1) is 10.2. The summed E-state index contributed by atoms with van der Waals surface area (Å²) in [4.78, 5) is 2.27. The fraction of sp³-hybridized carbons (Fsp3) is 0.647. The van der Waals surface area contributed by atoms with Crippen molar-refractivity contribution in [2.45, 2.75) is 38.6 Å². The number of nitrogens with one attached hydrogen (secondary N) is 1. The van der Waals surface area contributed by atoms with Crippen molar-refractivity contribution in [2.24, 2.45) is 5.92 Å². The number of benzene rings is 1. The van der Waals surface area contributed by atoms with E-state index in [0.717, 1.165) is 45.3 Å². The van der Waals surface area contributed by atoms with Gasteiger partial charge in [0.2, 0.25) is 0 Å². The van der Waals surface area contributed by atoms with E-state index in [-0.39, 0.29) is 17.5 Å². The predicted molar refractivity (Wildman–Crippen MR) is 82.2 cm³/mol. The Morgan fingerprint density at radius 2 is 1.95 bits per heavy atom. The molecule has 0 aromatic heterocycles. The number of hydrogen-bond acceptors (Lipinski definition) is 2. The first-order valence-electron chi connectivity index (χ1n) is 8.01. The zero-order chi connectivity index (χ0) is 15.2. The molecular formula is C17H26F2N2. The number of halogens is 2. The average molecular weight is 296 g/mol. The molecule has 0 spiro atoms. The maximum atomic E-state index is 14.3. The van der Waals surface area contributed by atoms with Crippen molar-refractivity contribution in [3.63, 3.8) is 0 Å². The van der Waals surface area contributed by atoms with Gasteiger partial charge in [0.15, 0.2) is 0 Å². The highest BCUT2D eigenvalue weighted by Gasteiger charge is 2.33. The molecule has 2 nitrogen and oxygen atoms in total. The minimum atomic E-state index is -0.413. The molecule has 118 valence electrons. The van der Waals surface area contributed by atoms with Gasteiger partial charge in [0.25, 0.3) is 0 Å². The molecule has 1 fully saturated rings. The molecule has 1 N–H and O–H groups in total. The molecule has 0 saturated carbocycles. The summed E-state index contributed by atoms with van der Waals surface area (Å²) in [5.74, 6) is -0.580. The SMILES string of the molecule is CCCN1CCCCC(CNC)C1c1c(F)cccc1F. The van der Waals surface area contributed by atoms with E-state index in [1.807, 2.05) is 7.05 Å². The second-order valence-electron chi connectivity index (χ2n) is 5.93. The van der Waals surface area contributed by atoms with E-state index in [0.29, 0.717) is 0 Å². The van der Waals surface area contributed by atoms with Crippen LogP contribution in [0, 0.1) is 17.6 Å². The second kappa shape index (κ2) is 7.85. The zero-order valence-electron chi connectivity index (χ0n) is 13.0. The van der Waals surface area contributed by atoms with Crippen LogP contribution in [0.4, 0.5) is 8.78 Å². The molecular weight excluding hydrogens is 270 g/mol. The minimum absolute atomic E-state index is 0.166. The molecule has 1 heterocycles. The smallest absolute Gasteiger partial charge is 0.130 e. The predicted octanol–water partition coefficient (Wildman–Crippen LogP) is 3.74. The molecule has 2 atom stereocenters. The average Bonchev–Trinajstić information content (AvgIpc) is 2.64. The van der Waals surface area contributed by atoms with Gasteiger partial charge in [-0.2, -0.15) is 0 Å². The third-order valence-electron chi connectivity index (χ3n) is 4.38. The van der Waals surface area contributed by atoms with Crippen LogP contribution in [0.25, 0.3) is 0 Å².